The summed E-state index contributed by atoms with van der Waals surface area (Å²) in [7, 11) is 1.83. The van der Waals surface area contributed by atoms with Crippen molar-refractivity contribution in [3.8, 4) is 0 Å². The van der Waals surface area contributed by atoms with Gasteiger partial charge >= 0.3 is 0 Å². The monoisotopic (exact) mass is 229 g/mol. The van der Waals surface area contributed by atoms with E-state index >= 15 is 0 Å². The van der Waals surface area contributed by atoms with Gasteiger partial charge in [-0.3, -0.25) is 0 Å². The summed E-state index contributed by atoms with van der Waals surface area (Å²) >= 11 is 0. The normalized spacial score (nSPS) is 16.1. The van der Waals surface area contributed by atoms with E-state index in [0.29, 0.717) is 17.6 Å². The minimum atomic E-state index is 0.355. The van der Waals surface area contributed by atoms with E-state index in [1.165, 1.54) is 19.3 Å². The highest BCUT2D eigenvalue weighted by atomic mass is 16.5. The van der Waals surface area contributed by atoms with Gasteiger partial charge in [0.25, 0.3) is 0 Å². The molecule has 0 aliphatic rings. The Balaban J connectivity index is 4.18. The SMILES string of the molecule is CCCNC(CCC(C)(C)C)C(CC)OC. The summed E-state index contributed by atoms with van der Waals surface area (Å²) in [5.41, 5.74) is 0.415. The maximum Gasteiger partial charge on any atom is 0.0721 e. The zero-order chi connectivity index (χ0) is 12.6. The van der Waals surface area contributed by atoms with Crippen LogP contribution in [0.1, 0.15) is 60.3 Å². The molecule has 0 rings (SSSR count). The molecule has 0 aromatic carbocycles. The molecule has 0 heterocycles. The second-order valence-electron chi connectivity index (χ2n) is 5.84. The van der Waals surface area contributed by atoms with E-state index in [2.05, 4.69) is 39.9 Å². The van der Waals surface area contributed by atoms with Crippen LogP contribution in [-0.4, -0.2) is 25.8 Å². The predicted molar refractivity (Wildman–Crippen MR) is 71.9 cm³/mol. The first-order valence-electron chi connectivity index (χ1n) is 6.70. The van der Waals surface area contributed by atoms with Gasteiger partial charge in [0.15, 0.2) is 0 Å². The van der Waals surface area contributed by atoms with Crippen LogP contribution in [0.25, 0.3) is 0 Å². The third-order valence-corrected chi connectivity index (χ3v) is 3.02. The molecule has 0 saturated carbocycles. The van der Waals surface area contributed by atoms with Crippen LogP contribution in [0.5, 0.6) is 0 Å². The van der Waals surface area contributed by atoms with Gasteiger partial charge in [0.1, 0.15) is 0 Å². The van der Waals surface area contributed by atoms with Crippen LogP contribution in [0, 0.1) is 5.41 Å². The van der Waals surface area contributed by atoms with Gasteiger partial charge < -0.3 is 10.1 Å². The Morgan fingerprint density at radius 1 is 1.19 bits per heavy atom. The van der Waals surface area contributed by atoms with Crippen molar-refractivity contribution in [2.24, 2.45) is 5.41 Å². The quantitative estimate of drug-likeness (QED) is 0.686. The van der Waals surface area contributed by atoms with Crippen LogP contribution in [-0.2, 0) is 4.74 Å². The molecular formula is C14H31NO. The third-order valence-electron chi connectivity index (χ3n) is 3.02. The van der Waals surface area contributed by atoms with Crippen LogP contribution in [0.3, 0.4) is 0 Å². The maximum atomic E-state index is 5.56. The van der Waals surface area contributed by atoms with Gasteiger partial charge in [-0.1, -0.05) is 34.6 Å². The summed E-state index contributed by atoms with van der Waals surface area (Å²) in [6, 6.07) is 0.508. The molecule has 2 atom stereocenters. The van der Waals surface area contributed by atoms with Crippen molar-refractivity contribution < 1.29 is 4.74 Å². The number of methoxy groups -OCH3 is 1. The summed E-state index contributed by atoms with van der Waals surface area (Å²) in [6.45, 7) is 12.4. The second kappa shape index (κ2) is 8.08. The van der Waals surface area contributed by atoms with Crippen molar-refractivity contribution >= 4 is 0 Å². The van der Waals surface area contributed by atoms with Gasteiger partial charge in [0.2, 0.25) is 0 Å². The largest absolute Gasteiger partial charge is 0.380 e. The van der Waals surface area contributed by atoms with Gasteiger partial charge in [0.05, 0.1) is 6.10 Å². The van der Waals surface area contributed by atoms with E-state index < -0.39 is 0 Å². The molecule has 0 aromatic rings. The number of hydrogen-bond donors (Lipinski definition) is 1. The smallest absolute Gasteiger partial charge is 0.0721 e. The zero-order valence-corrected chi connectivity index (χ0v) is 12.1. The highest BCUT2D eigenvalue weighted by Crippen LogP contribution is 2.23. The average Bonchev–Trinajstić information content (AvgIpc) is 2.21. The molecule has 2 unspecified atom stereocenters. The van der Waals surface area contributed by atoms with E-state index in [9.17, 15) is 0 Å². The number of ether oxygens (including phenoxy) is 1. The molecule has 1 N–H and O–H groups in total. The minimum absolute atomic E-state index is 0.355. The molecular weight excluding hydrogens is 198 g/mol. The molecule has 98 valence electrons. The maximum absolute atomic E-state index is 5.56. The van der Waals surface area contributed by atoms with Crippen molar-refractivity contribution in [2.75, 3.05) is 13.7 Å². The molecule has 2 nitrogen and oxygen atoms in total. The summed E-state index contributed by atoms with van der Waals surface area (Å²) in [5, 5.41) is 3.62. The summed E-state index contributed by atoms with van der Waals surface area (Å²) in [6.07, 6.45) is 5.08. The lowest BCUT2D eigenvalue weighted by molar-refractivity contribution is 0.0586. The molecule has 16 heavy (non-hydrogen) atoms. The Morgan fingerprint density at radius 3 is 2.19 bits per heavy atom. The highest BCUT2D eigenvalue weighted by molar-refractivity contribution is 4.78. The number of hydrogen-bond acceptors (Lipinski definition) is 2. The van der Waals surface area contributed by atoms with Gasteiger partial charge in [0, 0.05) is 13.2 Å². The lowest BCUT2D eigenvalue weighted by Crippen LogP contribution is -2.41. The van der Waals surface area contributed by atoms with Crippen LogP contribution in [0.15, 0.2) is 0 Å². The van der Waals surface area contributed by atoms with Crippen molar-refractivity contribution in [3.63, 3.8) is 0 Å². The fourth-order valence-electron chi connectivity index (χ4n) is 1.95. The molecule has 0 fully saturated rings. The van der Waals surface area contributed by atoms with Crippen molar-refractivity contribution in [3.05, 3.63) is 0 Å². The van der Waals surface area contributed by atoms with Crippen LogP contribution < -0.4 is 5.32 Å². The van der Waals surface area contributed by atoms with E-state index in [4.69, 9.17) is 4.74 Å². The molecule has 0 radical (unpaired) electrons. The average molecular weight is 229 g/mol. The lowest BCUT2D eigenvalue weighted by Gasteiger charge is -2.29. The van der Waals surface area contributed by atoms with Crippen molar-refractivity contribution in [2.45, 2.75) is 72.4 Å². The van der Waals surface area contributed by atoms with E-state index in [1.54, 1.807) is 0 Å². The summed E-state index contributed by atoms with van der Waals surface area (Å²) in [5.74, 6) is 0. The molecule has 0 bridgehead atoms. The van der Waals surface area contributed by atoms with Crippen LogP contribution in [0.2, 0.25) is 0 Å². The Kier molecular flexibility index (Phi) is 8.04. The molecule has 0 spiro atoms. The lowest BCUT2D eigenvalue weighted by atomic mass is 9.87. The Bertz CT molecular complexity index is 159. The Labute approximate surface area is 102 Å². The van der Waals surface area contributed by atoms with Gasteiger partial charge in [-0.05, 0) is 37.6 Å². The number of rotatable bonds is 8. The highest BCUT2D eigenvalue weighted by Gasteiger charge is 2.21. The first kappa shape index (κ1) is 15.9. The molecule has 0 saturated heterocycles. The molecule has 0 aliphatic carbocycles. The van der Waals surface area contributed by atoms with Gasteiger partial charge in [-0.25, -0.2) is 0 Å². The standard InChI is InChI=1S/C14H31NO/c1-7-11-15-12(13(8-2)16-6)9-10-14(3,4)5/h12-13,15H,7-11H2,1-6H3. The zero-order valence-electron chi connectivity index (χ0n) is 12.1. The van der Waals surface area contributed by atoms with E-state index in [1.807, 2.05) is 7.11 Å². The fourth-order valence-corrected chi connectivity index (χ4v) is 1.95. The Hall–Kier alpha value is -0.0800. The predicted octanol–water partition coefficient (Wildman–Crippen LogP) is 3.61. The molecule has 0 amide bonds. The van der Waals surface area contributed by atoms with Gasteiger partial charge in [-0.15, -0.1) is 0 Å². The molecule has 0 aromatic heterocycles. The van der Waals surface area contributed by atoms with Crippen molar-refractivity contribution in [1.29, 1.82) is 0 Å². The first-order chi connectivity index (χ1) is 7.44. The topological polar surface area (TPSA) is 21.3 Å². The molecule has 0 aliphatic heterocycles. The second-order valence-corrected chi connectivity index (χ2v) is 5.84. The number of nitrogens with one attached hydrogen (secondary N) is 1. The minimum Gasteiger partial charge on any atom is -0.380 e. The molecule has 2 heteroatoms. The summed E-state index contributed by atoms with van der Waals surface area (Å²) in [4.78, 5) is 0. The van der Waals surface area contributed by atoms with E-state index in [-0.39, 0.29) is 0 Å². The van der Waals surface area contributed by atoms with Crippen LogP contribution in [0.4, 0.5) is 0 Å². The first-order valence-corrected chi connectivity index (χ1v) is 6.70. The van der Waals surface area contributed by atoms with Gasteiger partial charge in [-0.2, -0.15) is 0 Å². The van der Waals surface area contributed by atoms with Crippen LogP contribution >= 0.6 is 0 Å². The van der Waals surface area contributed by atoms with Crippen molar-refractivity contribution in [1.82, 2.24) is 5.32 Å². The van der Waals surface area contributed by atoms with E-state index in [0.717, 1.165) is 13.0 Å². The third kappa shape index (κ3) is 7.24. The Morgan fingerprint density at radius 2 is 1.81 bits per heavy atom. The summed E-state index contributed by atoms with van der Waals surface area (Å²) < 4.78 is 5.56. The fraction of sp³-hybridized carbons (Fsp3) is 1.00.